The molecule has 0 saturated carbocycles. The Kier molecular flexibility index (Phi) is 5.40. The zero-order valence-electron chi connectivity index (χ0n) is 12.6. The molecule has 20 heavy (non-hydrogen) atoms. The third-order valence-electron chi connectivity index (χ3n) is 4.65. The van der Waals surface area contributed by atoms with E-state index in [1.54, 1.807) is 6.92 Å². The summed E-state index contributed by atoms with van der Waals surface area (Å²) in [6.07, 6.45) is 5.38. The fraction of sp³-hybridized carbons (Fsp3) is 0.867. The second kappa shape index (κ2) is 7.07. The minimum Gasteiger partial charge on any atom is -0.466 e. The van der Waals surface area contributed by atoms with E-state index in [9.17, 15) is 9.59 Å². The molecule has 2 fully saturated rings. The van der Waals surface area contributed by atoms with Crippen LogP contribution in [0.5, 0.6) is 0 Å². The summed E-state index contributed by atoms with van der Waals surface area (Å²) in [6, 6.07) is 1.41. The van der Waals surface area contributed by atoms with Gasteiger partial charge in [-0.25, -0.2) is 0 Å². The smallest absolute Gasteiger partial charge is 0.306 e. The molecule has 2 rings (SSSR count). The highest BCUT2D eigenvalue weighted by atomic mass is 16.5. The van der Waals surface area contributed by atoms with Crippen molar-refractivity contribution in [3.05, 3.63) is 0 Å². The number of nitrogens with zero attached hydrogens (tertiary/aromatic N) is 1. The van der Waals surface area contributed by atoms with Crippen LogP contribution in [0.4, 0.5) is 0 Å². The van der Waals surface area contributed by atoms with E-state index in [4.69, 9.17) is 4.74 Å². The molecule has 2 bridgehead atoms. The van der Waals surface area contributed by atoms with Crippen molar-refractivity contribution < 1.29 is 14.3 Å². The van der Waals surface area contributed by atoms with Gasteiger partial charge in [0.05, 0.1) is 13.0 Å². The topological polar surface area (TPSA) is 58.6 Å². The normalized spacial score (nSPS) is 29.2. The molecule has 5 heteroatoms. The SMILES string of the molecule is CCOC(=O)CCC(=O)NCC1CC2CCC(C1)N2C. The van der Waals surface area contributed by atoms with Crippen molar-refractivity contribution in [1.29, 1.82) is 0 Å². The van der Waals surface area contributed by atoms with E-state index >= 15 is 0 Å². The van der Waals surface area contributed by atoms with Crippen LogP contribution in [0.25, 0.3) is 0 Å². The van der Waals surface area contributed by atoms with Gasteiger partial charge in [0.1, 0.15) is 0 Å². The van der Waals surface area contributed by atoms with Crippen molar-refractivity contribution in [3.8, 4) is 0 Å². The Balaban J connectivity index is 1.63. The third kappa shape index (κ3) is 3.95. The predicted molar refractivity (Wildman–Crippen MR) is 76.2 cm³/mol. The van der Waals surface area contributed by atoms with Crippen molar-refractivity contribution in [1.82, 2.24) is 10.2 Å². The van der Waals surface area contributed by atoms with Gasteiger partial charge in [-0.3, -0.25) is 9.59 Å². The lowest BCUT2D eigenvalue weighted by Gasteiger charge is -2.36. The molecule has 2 aliphatic rings. The van der Waals surface area contributed by atoms with Crippen molar-refractivity contribution in [2.75, 3.05) is 20.2 Å². The molecule has 0 aromatic carbocycles. The summed E-state index contributed by atoms with van der Waals surface area (Å²) in [5, 5.41) is 2.97. The van der Waals surface area contributed by atoms with E-state index in [1.165, 1.54) is 25.7 Å². The molecule has 2 atom stereocenters. The van der Waals surface area contributed by atoms with Crippen LogP contribution in [0.3, 0.4) is 0 Å². The van der Waals surface area contributed by atoms with Crippen LogP contribution in [-0.4, -0.2) is 49.1 Å². The summed E-state index contributed by atoms with van der Waals surface area (Å²) in [5.74, 6) is 0.263. The molecule has 0 spiro atoms. The molecule has 0 aliphatic carbocycles. The van der Waals surface area contributed by atoms with Gasteiger partial charge in [-0.2, -0.15) is 0 Å². The second-order valence-electron chi connectivity index (χ2n) is 6.00. The van der Waals surface area contributed by atoms with Gasteiger partial charge in [-0.15, -0.1) is 0 Å². The van der Waals surface area contributed by atoms with Crippen molar-refractivity contribution in [3.63, 3.8) is 0 Å². The number of hydrogen-bond acceptors (Lipinski definition) is 4. The maximum absolute atomic E-state index is 11.7. The second-order valence-corrected chi connectivity index (χ2v) is 6.00. The number of piperidine rings is 1. The Morgan fingerprint density at radius 2 is 1.85 bits per heavy atom. The van der Waals surface area contributed by atoms with E-state index < -0.39 is 0 Å². The van der Waals surface area contributed by atoms with Crippen molar-refractivity contribution in [2.45, 2.75) is 57.5 Å². The van der Waals surface area contributed by atoms with Crippen LogP contribution in [0.1, 0.15) is 45.4 Å². The number of amides is 1. The molecule has 5 nitrogen and oxygen atoms in total. The molecule has 2 aliphatic heterocycles. The number of hydrogen-bond donors (Lipinski definition) is 1. The molecule has 2 unspecified atom stereocenters. The average molecular weight is 282 g/mol. The first-order chi connectivity index (χ1) is 9.60. The highest BCUT2D eigenvalue weighted by Gasteiger charge is 2.38. The van der Waals surface area contributed by atoms with Gasteiger partial charge in [0.15, 0.2) is 0 Å². The zero-order chi connectivity index (χ0) is 14.5. The Morgan fingerprint density at radius 1 is 1.20 bits per heavy atom. The highest BCUT2D eigenvalue weighted by Crippen LogP contribution is 2.36. The average Bonchev–Trinajstić information content (AvgIpc) is 2.66. The van der Waals surface area contributed by atoms with Gasteiger partial charge in [0.25, 0.3) is 0 Å². The Morgan fingerprint density at radius 3 is 2.45 bits per heavy atom. The molecule has 0 radical (unpaired) electrons. The number of ether oxygens (including phenoxy) is 1. The Bertz CT molecular complexity index is 345. The van der Waals surface area contributed by atoms with Crippen LogP contribution in [-0.2, 0) is 14.3 Å². The van der Waals surface area contributed by atoms with Gasteiger partial charge in [-0.05, 0) is 45.6 Å². The van der Waals surface area contributed by atoms with Gasteiger partial charge < -0.3 is 15.0 Å². The number of rotatable bonds is 6. The summed E-state index contributed by atoms with van der Waals surface area (Å²) >= 11 is 0. The fourth-order valence-electron chi connectivity index (χ4n) is 3.49. The molecular weight excluding hydrogens is 256 g/mol. The Hall–Kier alpha value is -1.10. The van der Waals surface area contributed by atoms with Crippen molar-refractivity contribution >= 4 is 11.9 Å². The number of nitrogens with one attached hydrogen (secondary N) is 1. The minimum atomic E-state index is -0.292. The molecule has 1 N–H and O–H groups in total. The molecule has 0 aromatic heterocycles. The number of carbonyl (C=O) groups is 2. The van der Waals surface area contributed by atoms with Crippen LogP contribution >= 0.6 is 0 Å². The monoisotopic (exact) mass is 282 g/mol. The van der Waals surface area contributed by atoms with Gasteiger partial charge in [0.2, 0.25) is 5.91 Å². The van der Waals surface area contributed by atoms with Gasteiger partial charge in [-0.1, -0.05) is 0 Å². The standard InChI is InChI=1S/C15H26N2O3/c1-3-20-15(19)7-6-14(18)16-10-11-8-12-4-5-13(9-11)17(12)2/h11-13H,3-10H2,1-2H3,(H,16,18). The Labute approximate surface area is 121 Å². The van der Waals surface area contributed by atoms with Gasteiger partial charge in [0, 0.05) is 25.0 Å². The number of fused-ring (bicyclic) bond motifs is 2. The molecule has 114 valence electrons. The first-order valence-corrected chi connectivity index (χ1v) is 7.74. The number of carbonyl (C=O) groups excluding carboxylic acids is 2. The lowest BCUT2D eigenvalue weighted by atomic mass is 9.91. The highest BCUT2D eigenvalue weighted by molar-refractivity contribution is 5.81. The molecular formula is C15H26N2O3. The van der Waals surface area contributed by atoms with Crippen LogP contribution < -0.4 is 5.32 Å². The summed E-state index contributed by atoms with van der Waals surface area (Å²) in [5.41, 5.74) is 0. The van der Waals surface area contributed by atoms with Crippen LogP contribution in [0.15, 0.2) is 0 Å². The molecule has 1 amide bonds. The predicted octanol–water partition coefficient (Wildman–Crippen LogP) is 1.32. The molecule has 0 aromatic rings. The van der Waals surface area contributed by atoms with Crippen LogP contribution in [0.2, 0.25) is 0 Å². The maximum atomic E-state index is 11.7. The lowest BCUT2D eigenvalue weighted by Crippen LogP contribution is -2.43. The van der Waals surface area contributed by atoms with E-state index in [0.717, 1.165) is 6.54 Å². The molecule has 2 saturated heterocycles. The third-order valence-corrected chi connectivity index (χ3v) is 4.65. The van der Waals surface area contributed by atoms with E-state index in [-0.39, 0.29) is 24.7 Å². The summed E-state index contributed by atoms with van der Waals surface area (Å²) < 4.78 is 4.81. The first-order valence-electron chi connectivity index (χ1n) is 7.74. The number of esters is 1. The van der Waals surface area contributed by atoms with E-state index in [1.807, 2.05) is 0 Å². The minimum absolute atomic E-state index is 0.0377. The quantitative estimate of drug-likeness (QED) is 0.746. The lowest BCUT2D eigenvalue weighted by molar-refractivity contribution is -0.144. The van der Waals surface area contributed by atoms with Crippen LogP contribution in [0, 0.1) is 5.92 Å². The largest absolute Gasteiger partial charge is 0.466 e. The maximum Gasteiger partial charge on any atom is 0.306 e. The van der Waals surface area contributed by atoms with Crippen molar-refractivity contribution in [2.24, 2.45) is 5.92 Å². The van der Waals surface area contributed by atoms with E-state index in [2.05, 4.69) is 17.3 Å². The zero-order valence-corrected chi connectivity index (χ0v) is 12.6. The summed E-state index contributed by atoms with van der Waals surface area (Å²) in [6.45, 7) is 2.90. The fourth-order valence-corrected chi connectivity index (χ4v) is 3.49. The first kappa shape index (κ1) is 15.3. The molecule has 2 heterocycles. The van der Waals surface area contributed by atoms with Gasteiger partial charge >= 0.3 is 5.97 Å². The summed E-state index contributed by atoms with van der Waals surface area (Å²) in [7, 11) is 2.22. The van der Waals surface area contributed by atoms with E-state index in [0.29, 0.717) is 24.6 Å². The summed E-state index contributed by atoms with van der Waals surface area (Å²) in [4.78, 5) is 25.4.